The van der Waals surface area contributed by atoms with Gasteiger partial charge in [0.1, 0.15) is 30.5 Å². The number of rotatable bonds is 18. The summed E-state index contributed by atoms with van der Waals surface area (Å²) >= 11 is 7.24. The summed E-state index contributed by atoms with van der Waals surface area (Å²) in [6, 6.07) is 13.4. The quantitative estimate of drug-likeness (QED) is 0.0423. The third kappa shape index (κ3) is 13.4. The first-order valence-corrected chi connectivity index (χ1v) is 25.3. The molecule has 6 rings (SSSR count). The summed E-state index contributed by atoms with van der Waals surface area (Å²) in [6.45, 7) is 14.2. The van der Waals surface area contributed by atoms with Crippen molar-refractivity contribution in [1.29, 1.82) is 5.26 Å². The van der Waals surface area contributed by atoms with Crippen molar-refractivity contribution >= 4 is 64.0 Å². The van der Waals surface area contributed by atoms with E-state index in [9.17, 15) is 37.6 Å². The SMILES string of the molecule is Cc1ncsc1-c1ccc(CNC(=O)[C@@H]2CCCN2C(=O)[C@@H](NC(=O)COCCCCN2CCC(c3ccc(N(C(=S)N(C)c4ccc(C#N)c(C(F)(F)F)c4F)C(C)(C)C=O)cn3)CC2)C(C)(C)C)cc1. The standard InChI is InChI=1S/C52H63F4N9O5S2/c1-33-45(72-32-60-33)36-14-12-34(13-15-36)28-59-47(68)41-11-10-23-64(41)48(69)46(50(2,3)4)61-42(67)30-70-26-9-8-22-63-24-20-35(21-25-63)39-18-17-38(29-58-39)65(51(5,6)31-66)49(71)62(7)40-19-16-37(27-57)43(44(40)53)52(54,55)56/h12-19,29,31-32,35,41,46H,8-11,20-26,28,30H2,1-7H3,(H,59,68)(H,61,67)/t41-,46+/m0/s1. The zero-order chi connectivity index (χ0) is 52.5. The van der Waals surface area contributed by atoms with Crippen molar-refractivity contribution in [2.75, 3.05) is 56.2 Å². The maximum Gasteiger partial charge on any atom is 0.420 e. The Morgan fingerprint density at radius 2 is 1.71 bits per heavy atom. The minimum atomic E-state index is -5.13. The Labute approximate surface area is 428 Å². The van der Waals surface area contributed by atoms with Crippen molar-refractivity contribution in [3.8, 4) is 16.5 Å². The highest BCUT2D eigenvalue weighted by molar-refractivity contribution is 7.80. The molecule has 20 heteroatoms. The normalized spacial score (nSPS) is 16.2. The molecule has 2 aliphatic rings. The molecular weight excluding hydrogens is 971 g/mol. The average Bonchev–Trinajstić information content (AvgIpc) is 4.02. The van der Waals surface area contributed by atoms with Gasteiger partial charge in [-0.1, -0.05) is 45.0 Å². The number of piperidine rings is 1. The van der Waals surface area contributed by atoms with Gasteiger partial charge < -0.3 is 39.8 Å². The molecule has 0 radical (unpaired) electrons. The van der Waals surface area contributed by atoms with E-state index in [4.69, 9.17) is 21.9 Å². The summed E-state index contributed by atoms with van der Waals surface area (Å²) < 4.78 is 62.5. The van der Waals surface area contributed by atoms with E-state index in [-0.39, 0.29) is 29.5 Å². The zero-order valence-corrected chi connectivity index (χ0v) is 43.4. The average molecular weight is 1030 g/mol. The predicted molar refractivity (Wildman–Crippen MR) is 273 cm³/mol. The van der Waals surface area contributed by atoms with Crippen LogP contribution in [0.25, 0.3) is 10.4 Å². The second-order valence-corrected chi connectivity index (χ2v) is 21.2. The monoisotopic (exact) mass is 1030 g/mol. The number of aryl methyl sites for hydroxylation is 1. The number of hydrogen-bond donors (Lipinski definition) is 2. The Morgan fingerprint density at radius 3 is 2.31 bits per heavy atom. The van der Waals surface area contributed by atoms with Crippen LogP contribution in [0.15, 0.2) is 60.2 Å². The molecule has 2 aromatic heterocycles. The highest BCUT2D eigenvalue weighted by atomic mass is 32.1. The van der Waals surface area contributed by atoms with Crippen LogP contribution >= 0.6 is 23.6 Å². The fourth-order valence-corrected chi connectivity index (χ4v) is 10.3. The van der Waals surface area contributed by atoms with Crippen LogP contribution in [-0.4, -0.2) is 113 Å². The topological polar surface area (TPSA) is 164 Å². The van der Waals surface area contributed by atoms with Gasteiger partial charge in [-0.3, -0.25) is 19.4 Å². The maximum atomic E-state index is 15.4. The number of nitrogens with one attached hydrogen (secondary N) is 2. The van der Waals surface area contributed by atoms with Crippen LogP contribution < -0.4 is 20.4 Å². The van der Waals surface area contributed by atoms with Gasteiger partial charge in [0.25, 0.3) is 0 Å². The van der Waals surface area contributed by atoms with Crippen molar-refractivity contribution in [2.45, 2.75) is 116 Å². The fraction of sp³-hybridized carbons (Fsp3) is 0.500. The number of thiazole rings is 1. The van der Waals surface area contributed by atoms with E-state index >= 15 is 4.39 Å². The number of carbonyl (C=O) groups is 4. The van der Waals surface area contributed by atoms with Crippen LogP contribution in [0.5, 0.6) is 0 Å². The molecule has 0 saturated carbocycles. The van der Waals surface area contributed by atoms with Crippen molar-refractivity contribution in [1.82, 2.24) is 30.4 Å². The van der Waals surface area contributed by atoms with Crippen LogP contribution in [0, 0.1) is 29.5 Å². The summed E-state index contributed by atoms with van der Waals surface area (Å²) in [5.41, 5.74) is 1.01. The molecule has 2 N–H and O–H groups in total. The number of thiocarbonyl (C=S) groups is 1. The van der Waals surface area contributed by atoms with Gasteiger partial charge in [-0.15, -0.1) is 11.3 Å². The number of aromatic nitrogens is 2. The molecule has 386 valence electrons. The number of ether oxygens (including phenoxy) is 1. The number of hydrogen-bond acceptors (Lipinski definition) is 11. The Kier molecular flexibility index (Phi) is 18.3. The molecule has 4 aromatic rings. The third-order valence-electron chi connectivity index (χ3n) is 13.2. The van der Waals surface area contributed by atoms with E-state index < -0.39 is 57.8 Å². The van der Waals surface area contributed by atoms with Gasteiger partial charge in [0.05, 0.1) is 50.8 Å². The molecule has 2 aliphatic heterocycles. The number of halogens is 4. The van der Waals surface area contributed by atoms with E-state index in [0.717, 1.165) is 89.7 Å². The second-order valence-electron chi connectivity index (χ2n) is 19.9. The van der Waals surface area contributed by atoms with Gasteiger partial charge in [-0.05, 0) is 132 Å². The van der Waals surface area contributed by atoms with E-state index in [1.165, 1.54) is 18.0 Å². The van der Waals surface area contributed by atoms with Crippen molar-refractivity contribution in [3.63, 3.8) is 0 Å². The first-order valence-electron chi connectivity index (χ1n) is 24.0. The van der Waals surface area contributed by atoms with Crippen molar-refractivity contribution in [2.24, 2.45) is 5.41 Å². The molecule has 14 nitrogen and oxygen atoms in total. The summed E-state index contributed by atoms with van der Waals surface area (Å²) in [4.78, 5) is 69.4. The van der Waals surface area contributed by atoms with Crippen LogP contribution in [0.3, 0.4) is 0 Å². The molecule has 0 bridgehead atoms. The number of carbonyl (C=O) groups excluding carboxylic acids is 4. The van der Waals surface area contributed by atoms with Crippen LogP contribution in [0.1, 0.15) is 107 Å². The van der Waals surface area contributed by atoms with Gasteiger partial charge in [0.2, 0.25) is 17.7 Å². The second kappa shape index (κ2) is 23.8. The third-order valence-corrected chi connectivity index (χ3v) is 14.6. The highest BCUT2D eigenvalue weighted by Gasteiger charge is 2.43. The number of aldehydes is 1. The lowest BCUT2D eigenvalue weighted by Crippen LogP contribution is -2.58. The summed E-state index contributed by atoms with van der Waals surface area (Å²) in [7, 11) is 1.29. The first-order chi connectivity index (χ1) is 34.0. The number of nitrogens with zero attached hydrogens (tertiary/aromatic N) is 7. The van der Waals surface area contributed by atoms with Crippen molar-refractivity contribution in [3.05, 3.63) is 94.1 Å². The lowest BCUT2D eigenvalue weighted by Gasteiger charge is -2.39. The summed E-state index contributed by atoms with van der Waals surface area (Å²) in [5, 5.41) is 15.0. The molecule has 2 atom stereocenters. The number of anilines is 2. The molecule has 0 aliphatic carbocycles. The Morgan fingerprint density at radius 1 is 1.00 bits per heavy atom. The number of alkyl halides is 3. The number of pyridine rings is 1. The van der Waals surface area contributed by atoms with E-state index in [1.54, 1.807) is 42.3 Å². The Hall–Kier alpha value is -5.88. The molecule has 2 aromatic carbocycles. The Balaban J connectivity index is 0.925. The molecule has 0 unspecified atom stereocenters. The number of benzene rings is 2. The Bertz CT molecular complexity index is 2610. The molecule has 2 fully saturated rings. The summed E-state index contributed by atoms with van der Waals surface area (Å²) in [5.74, 6) is -2.42. The van der Waals surface area contributed by atoms with Gasteiger partial charge in [0, 0.05) is 38.4 Å². The minimum Gasteiger partial charge on any atom is -0.372 e. The van der Waals surface area contributed by atoms with E-state index in [0.29, 0.717) is 44.5 Å². The molecule has 3 amide bonds. The first kappa shape index (κ1) is 55.4. The van der Waals surface area contributed by atoms with Gasteiger partial charge in [0.15, 0.2) is 10.9 Å². The zero-order valence-electron chi connectivity index (χ0n) is 41.8. The molecule has 0 spiro atoms. The fourth-order valence-electron chi connectivity index (χ4n) is 9.10. The smallest absolute Gasteiger partial charge is 0.372 e. The van der Waals surface area contributed by atoms with Gasteiger partial charge >= 0.3 is 6.18 Å². The number of likely N-dealkylation sites (tertiary alicyclic amines) is 2. The number of amides is 3. The van der Waals surface area contributed by atoms with Crippen molar-refractivity contribution < 1.29 is 41.5 Å². The minimum absolute atomic E-state index is 0.151. The number of unbranched alkanes of at least 4 members (excludes halogenated alkanes) is 1. The molecular formula is C52H63F4N9O5S2. The van der Waals surface area contributed by atoms with Gasteiger partial charge in [-0.25, -0.2) is 9.37 Å². The van der Waals surface area contributed by atoms with Gasteiger partial charge in [-0.2, -0.15) is 18.4 Å². The predicted octanol–water partition coefficient (Wildman–Crippen LogP) is 8.56. The maximum absolute atomic E-state index is 15.4. The van der Waals surface area contributed by atoms with Crippen LogP contribution in [0.2, 0.25) is 0 Å². The summed E-state index contributed by atoms with van der Waals surface area (Å²) in [6.07, 6.45) is 1.52. The molecule has 72 heavy (non-hydrogen) atoms. The lowest BCUT2D eigenvalue weighted by atomic mass is 9.85. The largest absolute Gasteiger partial charge is 0.420 e. The number of nitriles is 1. The van der Waals surface area contributed by atoms with Crippen LogP contribution in [-0.2, 0) is 36.6 Å². The molecule has 2 saturated heterocycles. The lowest BCUT2D eigenvalue weighted by molar-refractivity contribution is -0.144. The van der Waals surface area contributed by atoms with E-state index in [1.807, 2.05) is 63.5 Å². The highest BCUT2D eigenvalue weighted by Crippen LogP contribution is 2.39. The van der Waals surface area contributed by atoms with Crippen LogP contribution in [0.4, 0.5) is 28.9 Å². The molecule has 4 heterocycles. The van der Waals surface area contributed by atoms with E-state index in [2.05, 4.69) is 20.5 Å².